The maximum absolute atomic E-state index is 6.21. The number of nitrogens with two attached hydrogens (primary N) is 2. The Morgan fingerprint density at radius 3 is 2.29 bits per heavy atom. The molecule has 0 amide bonds. The molecule has 118 valence electrons. The maximum atomic E-state index is 6.21. The average molecular weight is 337 g/mol. The summed E-state index contributed by atoms with van der Waals surface area (Å²) < 4.78 is 1.58. The zero-order valence-corrected chi connectivity index (χ0v) is 13.3. The molecule has 0 aliphatic heterocycles. The molecule has 0 fully saturated rings. The van der Waals surface area contributed by atoms with Crippen LogP contribution < -0.4 is 11.5 Å². The van der Waals surface area contributed by atoms with Crippen molar-refractivity contribution >= 4 is 34.3 Å². The SMILES string of the molecule is Nc1nc(-c2ccccc2)nc2nn(-c3ccc(Cl)cc3)c(N)c12. The van der Waals surface area contributed by atoms with Crippen LogP contribution in [0.2, 0.25) is 5.02 Å². The van der Waals surface area contributed by atoms with Crippen LogP contribution >= 0.6 is 11.6 Å². The van der Waals surface area contributed by atoms with Crippen LogP contribution in [0.3, 0.4) is 0 Å². The van der Waals surface area contributed by atoms with Crippen molar-refractivity contribution in [1.29, 1.82) is 0 Å². The van der Waals surface area contributed by atoms with Crippen molar-refractivity contribution in [3.63, 3.8) is 0 Å². The molecule has 0 unspecified atom stereocenters. The van der Waals surface area contributed by atoms with Crippen molar-refractivity contribution in [2.75, 3.05) is 11.5 Å². The smallest absolute Gasteiger partial charge is 0.189 e. The first-order chi connectivity index (χ1) is 11.6. The van der Waals surface area contributed by atoms with Crippen LogP contribution in [0.25, 0.3) is 28.1 Å². The summed E-state index contributed by atoms with van der Waals surface area (Å²) in [5, 5.41) is 5.66. The molecule has 4 rings (SSSR count). The summed E-state index contributed by atoms with van der Waals surface area (Å²) in [5.41, 5.74) is 14.4. The average Bonchev–Trinajstić information content (AvgIpc) is 2.93. The fraction of sp³-hybridized carbons (Fsp3) is 0. The van der Waals surface area contributed by atoms with Crippen molar-refractivity contribution < 1.29 is 0 Å². The van der Waals surface area contributed by atoms with E-state index in [1.807, 2.05) is 42.5 Å². The number of hydrogen-bond donors (Lipinski definition) is 2. The fourth-order valence-corrected chi connectivity index (χ4v) is 2.66. The fourth-order valence-electron chi connectivity index (χ4n) is 2.53. The molecule has 0 bridgehead atoms. The Bertz CT molecular complexity index is 1020. The minimum Gasteiger partial charge on any atom is -0.383 e. The molecule has 0 aliphatic carbocycles. The predicted molar refractivity (Wildman–Crippen MR) is 95.9 cm³/mol. The van der Waals surface area contributed by atoms with Gasteiger partial charge in [-0.15, -0.1) is 5.10 Å². The minimum absolute atomic E-state index is 0.302. The third kappa shape index (κ3) is 2.33. The van der Waals surface area contributed by atoms with Crippen LogP contribution in [0.1, 0.15) is 0 Å². The van der Waals surface area contributed by atoms with Crippen LogP contribution in [0.15, 0.2) is 54.6 Å². The van der Waals surface area contributed by atoms with Gasteiger partial charge in [-0.25, -0.2) is 14.6 Å². The Morgan fingerprint density at radius 2 is 1.58 bits per heavy atom. The number of halogens is 1. The zero-order chi connectivity index (χ0) is 16.7. The van der Waals surface area contributed by atoms with Gasteiger partial charge in [0, 0.05) is 10.6 Å². The van der Waals surface area contributed by atoms with E-state index in [4.69, 9.17) is 23.1 Å². The highest BCUT2D eigenvalue weighted by atomic mass is 35.5. The van der Waals surface area contributed by atoms with Gasteiger partial charge in [0.15, 0.2) is 11.5 Å². The van der Waals surface area contributed by atoms with E-state index >= 15 is 0 Å². The topological polar surface area (TPSA) is 95.6 Å². The second kappa shape index (κ2) is 5.50. The summed E-state index contributed by atoms with van der Waals surface area (Å²) in [6, 6.07) is 16.8. The second-order valence-corrected chi connectivity index (χ2v) is 5.71. The van der Waals surface area contributed by atoms with Crippen LogP contribution in [0, 0.1) is 0 Å². The zero-order valence-electron chi connectivity index (χ0n) is 12.5. The van der Waals surface area contributed by atoms with Crippen LogP contribution in [0.4, 0.5) is 11.6 Å². The lowest BCUT2D eigenvalue weighted by Crippen LogP contribution is -2.02. The van der Waals surface area contributed by atoms with Gasteiger partial charge in [0.25, 0.3) is 0 Å². The van der Waals surface area contributed by atoms with Crippen molar-refractivity contribution in [3.05, 3.63) is 59.6 Å². The number of rotatable bonds is 2. The lowest BCUT2D eigenvalue weighted by Gasteiger charge is -2.03. The van der Waals surface area contributed by atoms with E-state index in [-0.39, 0.29) is 0 Å². The van der Waals surface area contributed by atoms with Crippen molar-refractivity contribution in [2.45, 2.75) is 0 Å². The number of aromatic nitrogens is 4. The van der Waals surface area contributed by atoms with E-state index in [9.17, 15) is 0 Å². The van der Waals surface area contributed by atoms with Gasteiger partial charge < -0.3 is 11.5 Å². The highest BCUT2D eigenvalue weighted by Gasteiger charge is 2.16. The lowest BCUT2D eigenvalue weighted by atomic mass is 10.2. The predicted octanol–water partition coefficient (Wildman–Crippen LogP) is 3.30. The molecule has 4 N–H and O–H groups in total. The van der Waals surface area contributed by atoms with E-state index in [0.717, 1.165) is 11.3 Å². The van der Waals surface area contributed by atoms with E-state index in [0.29, 0.717) is 33.5 Å². The standard InChI is InChI=1S/C17H13ClN6/c18-11-6-8-12(9-7-11)24-15(20)13-14(19)21-16(22-17(13)23-24)10-4-2-1-3-5-10/h1-9H,20H2,(H2,19,21,22,23). The van der Waals surface area contributed by atoms with Gasteiger partial charge >= 0.3 is 0 Å². The van der Waals surface area contributed by atoms with Crippen LogP contribution in [0.5, 0.6) is 0 Å². The number of nitrogen functional groups attached to an aromatic ring is 2. The van der Waals surface area contributed by atoms with Crippen LogP contribution in [-0.2, 0) is 0 Å². The highest BCUT2D eigenvalue weighted by Crippen LogP contribution is 2.29. The summed E-state index contributed by atoms with van der Waals surface area (Å²) in [5.74, 6) is 1.21. The highest BCUT2D eigenvalue weighted by molar-refractivity contribution is 6.30. The number of fused-ring (bicyclic) bond motifs is 1. The summed E-state index contributed by atoms with van der Waals surface area (Å²) in [6.07, 6.45) is 0. The number of nitrogens with zero attached hydrogens (tertiary/aromatic N) is 4. The lowest BCUT2D eigenvalue weighted by molar-refractivity contribution is 0.900. The molecule has 0 spiro atoms. The molecule has 2 aromatic heterocycles. The van der Waals surface area contributed by atoms with Gasteiger partial charge in [0.1, 0.15) is 17.0 Å². The van der Waals surface area contributed by atoms with E-state index in [1.165, 1.54) is 0 Å². The van der Waals surface area contributed by atoms with E-state index in [2.05, 4.69) is 15.1 Å². The molecule has 6 nitrogen and oxygen atoms in total. The molecule has 0 atom stereocenters. The molecule has 0 radical (unpaired) electrons. The molecular formula is C17H13ClN6. The first-order valence-corrected chi connectivity index (χ1v) is 7.64. The van der Waals surface area contributed by atoms with E-state index in [1.54, 1.807) is 16.8 Å². The Balaban J connectivity index is 1.92. The molecule has 2 aromatic carbocycles. The molecule has 2 heterocycles. The molecular weight excluding hydrogens is 324 g/mol. The summed E-state index contributed by atoms with van der Waals surface area (Å²) >= 11 is 5.93. The minimum atomic E-state index is 0.302. The summed E-state index contributed by atoms with van der Waals surface area (Å²) in [7, 11) is 0. The Hall–Kier alpha value is -3.12. The molecule has 24 heavy (non-hydrogen) atoms. The summed E-state index contributed by atoms with van der Waals surface area (Å²) in [6.45, 7) is 0. The molecule has 7 heteroatoms. The van der Waals surface area contributed by atoms with Crippen molar-refractivity contribution in [3.8, 4) is 17.1 Å². The first-order valence-electron chi connectivity index (χ1n) is 7.26. The van der Waals surface area contributed by atoms with Gasteiger partial charge in [-0.2, -0.15) is 0 Å². The van der Waals surface area contributed by atoms with Crippen LogP contribution in [-0.4, -0.2) is 19.7 Å². The van der Waals surface area contributed by atoms with Crippen molar-refractivity contribution in [2.24, 2.45) is 0 Å². The Kier molecular flexibility index (Phi) is 3.32. The summed E-state index contributed by atoms with van der Waals surface area (Å²) in [4.78, 5) is 8.87. The molecule has 4 aromatic rings. The van der Waals surface area contributed by atoms with Gasteiger partial charge in [-0.3, -0.25) is 0 Å². The molecule has 0 saturated heterocycles. The number of hydrogen-bond acceptors (Lipinski definition) is 5. The molecule has 0 saturated carbocycles. The normalized spacial score (nSPS) is 11.0. The van der Waals surface area contributed by atoms with Gasteiger partial charge in [-0.05, 0) is 24.3 Å². The van der Waals surface area contributed by atoms with Gasteiger partial charge in [0.05, 0.1) is 5.69 Å². The number of benzene rings is 2. The quantitative estimate of drug-likeness (QED) is 0.585. The molecule has 0 aliphatic rings. The van der Waals surface area contributed by atoms with Gasteiger partial charge in [0.2, 0.25) is 0 Å². The Morgan fingerprint density at radius 1 is 0.875 bits per heavy atom. The number of anilines is 2. The first kappa shape index (κ1) is 14.5. The largest absolute Gasteiger partial charge is 0.383 e. The maximum Gasteiger partial charge on any atom is 0.189 e. The van der Waals surface area contributed by atoms with Crippen molar-refractivity contribution in [1.82, 2.24) is 19.7 Å². The van der Waals surface area contributed by atoms with E-state index < -0.39 is 0 Å². The third-order valence-electron chi connectivity index (χ3n) is 3.70. The third-order valence-corrected chi connectivity index (χ3v) is 3.95. The monoisotopic (exact) mass is 336 g/mol. The Labute approximate surface area is 142 Å². The van der Waals surface area contributed by atoms with Gasteiger partial charge in [-0.1, -0.05) is 41.9 Å². The second-order valence-electron chi connectivity index (χ2n) is 5.27.